The van der Waals surface area contributed by atoms with E-state index in [1.807, 2.05) is 58.0 Å². The second-order valence-corrected chi connectivity index (χ2v) is 10.6. The zero-order valence-corrected chi connectivity index (χ0v) is 20.4. The summed E-state index contributed by atoms with van der Waals surface area (Å²) in [6.07, 6.45) is 4.58. The van der Waals surface area contributed by atoms with Crippen LogP contribution in [0.1, 0.15) is 77.7 Å². The predicted molar refractivity (Wildman–Crippen MR) is 128 cm³/mol. The lowest BCUT2D eigenvalue weighted by Gasteiger charge is -2.31. The van der Waals surface area contributed by atoms with Crippen molar-refractivity contribution in [2.45, 2.75) is 90.3 Å². The van der Waals surface area contributed by atoms with E-state index in [1.54, 1.807) is 0 Å². The van der Waals surface area contributed by atoms with Crippen LogP contribution in [0.15, 0.2) is 30.3 Å². The second kappa shape index (κ2) is 11.3. The molecule has 2 aliphatic rings. The Hall–Kier alpha value is -2.21. The van der Waals surface area contributed by atoms with E-state index in [2.05, 4.69) is 10.6 Å². The minimum Gasteiger partial charge on any atom is -0.390 e. The molecule has 2 fully saturated rings. The van der Waals surface area contributed by atoms with Gasteiger partial charge in [-0.05, 0) is 36.7 Å². The summed E-state index contributed by atoms with van der Waals surface area (Å²) < 4.78 is 0. The Morgan fingerprint density at radius 3 is 2.21 bits per heavy atom. The van der Waals surface area contributed by atoms with Crippen LogP contribution in [0.25, 0.3) is 0 Å². The quantitative estimate of drug-likeness (QED) is 0.501. The van der Waals surface area contributed by atoms with E-state index < -0.39 is 24.1 Å². The van der Waals surface area contributed by atoms with Gasteiger partial charge in [0, 0.05) is 5.92 Å². The number of aliphatic hydroxyl groups is 1. The van der Waals surface area contributed by atoms with Crippen molar-refractivity contribution >= 4 is 17.6 Å². The fraction of sp³-hybridized carbons (Fsp3) is 0.667. The van der Waals surface area contributed by atoms with Gasteiger partial charge in [-0.1, -0.05) is 77.3 Å². The Bertz CT molecular complexity index is 817. The molecule has 0 spiro atoms. The van der Waals surface area contributed by atoms with Gasteiger partial charge in [-0.2, -0.15) is 0 Å². The molecule has 3 rings (SSSR count). The van der Waals surface area contributed by atoms with E-state index in [0.717, 1.165) is 37.7 Å². The van der Waals surface area contributed by atoms with E-state index >= 15 is 0 Å². The van der Waals surface area contributed by atoms with Crippen LogP contribution >= 0.6 is 0 Å². The van der Waals surface area contributed by atoms with Crippen molar-refractivity contribution in [1.82, 2.24) is 10.6 Å². The summed E-state index contributed by atoms with van der Waals surface area (Å²) in [5.41, 5.74) is 0.901. The number of Topliss-reactive ketones (excluding diaryl/α,β-unsaturated/α-hetero) is 1. The zero-order valence-electron chi connectivity index (χ0n) is 20.4. The Balaban J connectivity index is 1.67. The predicted octanol–water partition coefficient (Wildman–Crippen LogP) is 3.58. The van der Waals surface area contributed by atoms with Gasteiger partial charge in [0.15, 0.2) is 0 Å². The van der Waals surface area contributed by atoms with Crippen LogP contribution in [-0.4, -0.2) is 40.9 Å². The number of aliphatic hydroxyl groups excluding tert-OH is 1. The molecule has 5 atom stereocenters. The number of hydrogen-bond donors (Lipinski definition) is 3. The second-order valence-electron chi connectivity index (χ2n) is 10.6. The van der Waals surface area contributed by atoms with E-state index in [1.165, 1.54) is 0 Å². The molecular weight excluding hydrogens is 416 g/mol. The lowest BCUT2D eigenvalue weighted by Crippen LogP contribution is -2.55. The van der Waals surface area contributed by atoms with E-state index in [4.69, 9.17) is 0 Å². The molecule has 0 aromatic heterocycles. The fourth-order valence-electron chi connectivity index (χ4n) is 5.15. The first kappa shape index (κ1) is 25.4. The van der Waals surface area contributed by atoms with Gasteiger partial charge < -0.3 is 15.7 Å². The smallest absolute Gasteiger partial charge is 0.242 e. The third-order valence-corrected chi connectivity index (χ3v) is 7.12. The standard InChI is InChI=1S/C27H40N2O4/c1-16(2)15-20(28-26(32)19-13-9-6-10-14-19)27(33)29-23(17(3)4)25(31)22-21(24(22)30)18-11-7-5-8-12-18/h5,7-8,11-12,16-17,19-23,25,31H,6,9-10,13-15H2,1-4H3,(H,28,32)(H,29,33)/t20-,21?,22?,23-,25-/m0/s1. The van der Waals surface area contributed by atoms with Gasteiger partial charge >= 0.3 is 0 Å². The molecule has 6 nitrogen and oxygen atoms in total. The van der Waals surface area contributed by atoms with Gasteiger partial charge in [-0.15, -0.1) is 0 Å². The van der Waals surface area contributed by atoms with E-state index in [-0.39, 0.29) is 41.3 Å². The number of ketones is 1. The molecule has 0 bridgehead atoms. The highest BCUT2D eigenvalue weighted by molar-refractivity contribution is 6.05. The van der Waals surface area contributed by atoms with Crippen molar-refractivity contribution in [1.29, 1.82) is 0 Å². The van der Waals surface area contributed by atoms with Crippen molar-refractivity contribution in [3.05, 3.63) is 35.9 Å². The first-order valence-corrected chi connectivity index (χ1v) is 12.6. The minimum atomic E-state index is -0.972. The molecule has 33 heavy (non-hydrogen) atoms. The molecule has 1 aromatic carbocycles. The maximum absolute atomic E-state index is 13.3. The summed E-state index contributed by atoms with van der Waals surface area (Å²) >= 11 is 0. The first-order valence-electron chi connectivity index (χ1n) is 12.6. The van der Waals surface area contributed by atoms with E-state index in [9.17, 15) is 19.5 Å². The van der Waals surface area contributed by atoms with Crippen LogP contribution in [0, 0.1) is 23.7 Å². The van der Waals surface area contributed by atoms with E-state index in [0.29, 0.717) is 6.42 Å². The van der Waals surface area contributed by atoms with Gasteiger partial charge in [0.1, 0.15) is 11.8 Å². The van der Waals surface area contributed by atoms with Crippen molar-refractivity contribution in [2.24, 2.45) is 23.7 Å². The Labute approximate surface area is 197 Å². The number of carbonyl (C=O) groups is 3. The SMILES string of the molecule is CC(C)C[C@H](NC(=O)C1CCCCC1)C(=O)N[C@@H](C(C)C)[C@@H](O)C1C(=O)C1c1ccccc1. The normalized spacial score (nSPS) is 23.8. The van der Waals surface area contributed by atoms with Crippen molar-refractivity contribution in [2.75, 3.05) is 0 Å². The Morgan fingerprint density at radius 2 is 1.64 bits per heavy atom. The maximum atomic E-state index is 13.3. The number of benzene rings is 1. The van der Waals surface area contributed by atoms with Gasteiger partial charge in [0.05, 0.1) is 24.0 Å². The minimum absolute atomic E-state index is 0.0120. The molecule has 0 aliphatic heterocycles. The summed E-state index contributed by atoms with van der Waals surface area (Å²) in [6, 6.07) is 8.26. The van der Waals surface area contributed by atoms with Crippen LogP contribution in [0.5, 0.6) is 0 Å². The molecule has 0 saturated heterocycles. The Morgan fingerprint density at radius 1 is 1.00 bits per heavy atom. The van der Waals surface area contributed by atoms with Crippen LogP contribution in [0.2, 0.25) is 0 Å². The molecule has 2 aliphatic carbocycles. The molecule has 2 unspecified atom stereocenters. The number of carbonyl (C=O) groups excluding carboxylic acids is 3. The largest absolute Gasteiger partial charge is 0.390 e. The van der Waals surface area contributed by atoms with Crippen LogP contribution in [-0.2, 0) is 14.4 Å². The van der Waals surface area contributed by atoms with Crippen molar-refractivity contribution < 1.29 is 19.5 Å². The van der Waals surface area contributed by atoms with Gasteiger partial charge in [0.25, 0.3) is 0 Å². The molecule has 3 N–H and O–H groups in total. The average molecular weight is 457 g/mol. The monoisotopic (exact) mass is 456 g/mol. The fourth-order valence-corrected chi connectivity index (χ4v) is 5.15. The number of amides is 2. The first-order chi connectivity index (χ1) is 15.7. The zero-order chi connectivity index (χ0) is 24.1. The molecular formula is C27H40N2O4. The van der Waals surface area contributed by atoms with Gasteiger partial charge in [0.2, 0.25) is 11.8 Å². The van der Waals surface area contributed by atoms with Gasteiger partial charge in [-0.25, -0.2) is 0 Å². The number of hydrogen-bond acceptors (Lipinski definition) is 4. The third kappa shape index (κ3) is 6.44. The molecule has 2 amide bonds. The van der Waals surface area contributed by atoms with Crippen LogP contribution in [0.4, 0.5) is 0 Å². The molecule has 1 aromatic rings. The molecule has 2 saturated carbocycles. The highest BCUT2D eigenvalue weighted by Gasteiger charge is 2.56. The number of rotatable bonds is 10. The summed E-state index contributed by atoms with van der Waals surface area (Å²) in [5, 5.41) is 17.1. The van der Waals surface area contributed by atoms with Crippen molar-refractivity contribution in [3.63, 3.8) is 0 Å². The van der Waals surface area contributed by atoms with Crippen LogP contribution in [0.3, 0.4) is 0 Å². The van der Waals surface area contributed by atoms with Crippen LogP contribution < -0.4 is 10.6 Å². The highest BCUT2D eigenvalue weighted by Crippen LogP contribution is 2.46. The molecule has 0 heterocycles. The van der Waals surface area contributed by atoms with Gasteiger partial charge in [-0.3, -0.25) is 14.4 Å². The summed E-state index contributed by atoms with van der Waals surface area (Å²) in [6.45, 7) is 7.90. The topological polar surface area (TPSA) is 95.5 Å². The summed E-state index contributed by atoms with van der Waals surface area (Å²) in [5.74, 6) is -1.02. The molecule has 0 radical (unpaired) electrons. The Kier molecular flexibility index (Phi) is 8.69. The summed E-state index contributed by atoms with van der Waals surface area (Å²) in [7, 11) is 0. The highest BCUT2D eigenvalue weighted by atomic mass is 16.3. The lowest BCUT2D eigenvalue weighted by molar-refractivity contribution is -0.133. The molecule has 6 heteroatoms. The summed E-state index contributed by atoms with van der Waals surface area (Å²) in [4.78, 5) is 38.6. The third-order valence-electron chi connectivity index (χ3n) is 7.12. The van der Waals surface area contributed by atoms with Crippen molar-refractivity contribution in [3.8, 4) is 0 Å². The average Bonchev–Trinajstić information content (AvgIpc) is 3.47. The maximum Gasteiger partial charge on any atom is 0.242 e. The number of nitrogens with one attached hydrogen (secondary N) is 2. The molecule has 182 valence electrons. The lowest BCUT2D eigenvalue weighted by atomic mass is 9.88.